The van der Waals surface area contributed by atoms with Crippen molar-refractivity contribution >= 4 is 28.5 Å². The minimum absolute atomic E-state index is 0.228. The summed E-state index contributed by atoms with van der Waals surface area (Å²) >= 11 is 1.48. The van der Waals surface area contributed by atoms with E-state index in [1.54, 1.807) is 31.2 Å². The first kappa shape index (κ1) is 22.9. The van der Waals surface area contributed by atoms with Gasteiger partial charge in [0.05, 0.1) is 25.5 Å². The molecule has 33 heavy (non-hydrogen) atoms. The monoisotopic (exact) mass is 467 g/mol. The van der Waals surface area contributed by atoms with Gasteiger partial charge in [0.25, 0.3) is 5.91 Å². The molecule has 9 heteroatoms. The summed E-state index contributed by atoms with van der Waals surface area (Å²) in [5.74, 6) is 0.0161. The van der Waals surface area contributed by atoms with E-state index >= 15 is 0 Å². The van der Waals surface area contributed by atoms with Crippen molar-refractivity contribution in [2.75, 3.05) is 38.2 Å². The van der Waals surface area contributed by atoms with Crippen LogP contribution in [0.3, 0.4) is 0 Å². The van der Waals surface area contributed by atoms with Gasteiger partial charge in [0.15, 0.2) is 5.13 Å². The van der Waals surface area contributed by atoms with Crippen molar-refractivity contribution in [2.24, 2.45) is 0 Å². The summed E-state index contributed by atoms with van der Waals surface area (Å²) in [6.07, 6.45) is -0.779. The van der Waals surface area contributed by atoms with Crippen LogP contribution in [0.4, 0.5) is 9.93 Å². The molecule has 0 atom stereocenters. The molecule has 1 saturated heterocycles. The standard InChI is InChI=1S/C24H25N3O5S/c1-2-31-24(29)32-19-10-8-18(9-11-19)22(28)26-23-25-21(17-6-4-3-5-7-17)20(33-23)16-27-12-14-30-15-13-27/h3-11H,2,12-16H2,1H3,(H,25,26,28). The number of anilines is 1. The van der Waals surface area contributed by atoms with Crippen molar-refractivity contribution < 1.29 is 23.8 Å². The summed E-state index contributed by atoms with van der Waals surface area (Å²) in [6.45, 7) is 5.86. The molecule has 0 saturated carbocycles. The highest BCUT2D eigenvalue weighted by molar-refractivity contribution is 7.16. The van der Waals surface area contributed by atoms with Crippen LogP contribution < -0.4 is 10.1 Å². The Kier molecular flexibility index (Phi) is 7.66. The Morgan fingerprint density at radius 2 is 1.82 bits per heavy atom. The number of hydrogen-bond donors (Lipinski definition) is 1. The van der Waals surface area contributed by atoms with E-state index in [0.29, 0.717) is 16.4 Å². The molecular formula is C24H25N3O5S. The molecule has 172 valence electrons. The van der Waals surface area contributed by atoms with E-state index in [2.05, 4.69) is 10.2 Å². The topological polar surface area (TPSA) is 90.0 Å². The molecule has 0 radical (unpaired) electrons. The van der Waals surface area contributed by atoms with E-state index in [1.165, 1.54) is 11.3 Å². The first-order valence-electron chi connectivity index (χ1n) is 10.7. The van der Waals surface area contributed by atoms with Crippen LogP contribution in [-0.2, 0) is 16.0 Å². The van der Waals surface area contributed by atoms with Crippen LogP contribution in [0.15, 0.2) is 54.6 Å². The number of nitrogens with zero attached hydrogens (tertiary/aromatic N) is 2. The molecule has 0 unspecified atom stereocenters. The average molecular weight is 468 g/mol. The van der Waals surface area contributed by atoms with Crippen molar-refractivity contribution in [3.63, 3.8) is 0 Å². The summed E-state index contributed by atoms with van der Waals surface area (Å²) in [4.78, 5) is 32.4. The Morgan fingerprint density at radius 1 is 1.09 bits per heavy atom. The van der Waals surface area contributed by atoms with Gasteiger partial charge < -0.3 is 14.2 Å². The Balaban J connectivity index is 1.49. The van der Waals surface area contributed by atoms with Gasteiger partial charge in [-0.05, 0) is 31.2 Å². The Morgan fingerprint density at radius 3 is 2.52 bits per heavy atom. The van der Waals surface area contributed by atoms with Crippen molar-refractivity contribution in [3.8, 4) is 17.0 Å². The SMILES string of the molecule is CCOC(=O)Oc1ccc(C(=O)Nc2nc(-c3ccccc3)c(CN3CCOCC3)s2)cc1. The highest BCUT2D eigenvalue weighted by Crippen LogP contribution is 2.32. The fourth-order valence-corrected chi connectivity index (χ4v) is 4.40. The molecule has 1 N–H and O–H groups in total. The molecule has 0 bridgehead atoms. The molecule has 2 heterocycles. The van der Waals surface area contributed by atoms with Crippen LogP contribution in [0.5, 0.6) is 5.75 Å². The maximum Gasteiger partial charge on any atom is 0.513 e. The van der Waals surface area contributed by atoms with Gasteiger partial charge in [-0.2, -0.15) is 0 Å². The van der Waals surface area contributed by atoms with Crippen molar-refractivity contribution in [1.82, 2.24) is 9.88 Å². The van der Waals surface area contributed by atoms with Crippen LogP contribution in [0.2, 0.25) is 0 Å². The maximum absolute atomic E-state index is 12.8. The van der Waals surface area contributed by atoms with Gasteiger partial charge >= 0.3 is 6.16 Å². The van der Waals surface area contributed by atoms with Crippen LogP contribution in [0.1, 0.15) is 22.2 Å². The molecule has 1 aliphatic heterocycles. The van der Waals surface area contributed by atoms with Gasteiger partial charge in [0, 0.05) is 35.6 Å². The zero-order valence-electron chi connectivity index (χ0n) is 18.3. The van der Waals surface area contributed by atoms with Crippen molar-refractivity contribution in [1.29, 1.82) is 0 Å². The first-order chi connectivity index (χ1) is 16.1. The molecular weight excluding hydrogens is 442 g/mol. The summed E-state index contributed by atoms with van der Waals surface area (Å²) in [6, 6.07) is 16.2. The molecule has 0 aliphatic carbocycles. The number of thiazole rings is 1. The van der Waals surface area contributed by atoms with Gasteiger partial charge in [0.1, 0.15) is 5.75 Å². The van der Waals surface area contributed by atoms with Crippen molar-refractivity contribution in [3.05, 3.63) is 65.0 Å². The predicted octanol–water partition coefficient (Wildman–Crippen LogP) is 4.43. The molecule has 1 aliphatic rings. The summed E-state index contributed by atoms with van der Waals surface area (Å²) in [7, 11) is 0. The number of ether oxygens (including phenoxy) is 3. The Labute approximate surface area is 196 Å². The predicted molar refractivity (Wildman–Crippen MR) is 126 cm³/mol. The quantitative estimate of drug-likeness (QED) is 0.406. The van der Waals surface area contributed by atoms with E-state index in [9.17, 15) is 9.59 Å². The number of rotatable bonds is 7. The second-order valence-corrected chi connectivity index (χ2v) is 8.39. The van der Waals surface area contributed by atoms with Gasteiger partial charge in [-0.15, -0.1) is 0 Å². The lowest BCUT2D eigenvalue weighted by Gasteiger charge is -2.26. The largest absolute Gasteiger partial charge is 0.513 e. The lowest BCUT2D eigenvalue weighted by molar-refractivity contribution is 0.0347. The third-order valence-electron chi connectivity index (χ3n) is 5.02. The molecule has 3 aromatic rings. The molecule has 8 nitrogen and oxygen atoms in total. The van der Waals surface area contributed by atoms with Crippen molar-refractivity contribution in [2.45, 2.75) is 13.5 Å². The lowest BCUT2D eigenvalue weighted by Crippen LogP contribution is -2.35. The molecule has 4 rings (SSSR count). The van der Waals surface area contributed by atoms with E-state index in [4.69, 9.17) is 19.2 Å². The van der Waals surface area contributed by atoms with Gasteiger partial charge in [0.2, 0.25) is 0 Å². The van der Waals surface area contributed by atoms with E-state index < -0.39 is 6.16 Å². The molecule has 1 aromatic heterocycles. The number of morpholine rings is 1. The minimum atomic E-state index is -0.779. The number of benzene rings is 2. The number of carbonyl (C=O) groups excluding carboxylic acids is 2. The van der Waals surface area contributed by atoms with Crippen LogP contribution in [-0.4, -0.2) is 54.9 Å². The lowest BCUT2D eigenvalue weighted by atomic mass is 10.1. The normalized spacial score (nSPS) is 14.0. The number of hydrogen-bond acceptors (Lipinski definition) is 8. The van der Waals surface area contributed by atoms with Gasteiger partial charge in [-0.1, -0.05) is 41.7 Å². The van der Waals surface area contributed by atoms with Gasteiger partial charge in [-0.25, -0.2) is 9.78 Å². The molecule has 1 fully saturated rings. The molecule has 2 aromatic carbocycles. The summed E-state index contributed by atoms with van der Waals surface area (Å²) in [5, 5.41) is 3.44. The fourth-order valence-electron chi connectivity index (χ4n) is 3.38. The molecule has 0 spiro atoms. The number of nitrogens with one attached hydrogen (secondary N) is 1. The van der Waals surface area contributed by atoms with Crippen LogP contribution in [0, 0.1) is 0 Å². The highest BCUT2D eigenvalue weighted by Gasteiger charge is 2.19. The highest BCUT2D eigenvalue weighted by atomic mass is 32.1. The second kappa shape index (κ2) is 11.0. The van der Waals surface area contributed by atoms with E-state index in [-0.39, 0.29) is 12.5 Å². The summed E-state index contributed by atoms with van der Waals surface area (Å²) in [5.41, 5.74) is 2.32. The third-order valence-corrected chi connectivity index (χ3v) is 5.97. The maximum atomic E-state index is 12.8. The second-order valence-electron chi connectivity index (χ2n) is 7.31. The zero-order chi connectivity index (χ0) is 23.0. The zero-order valence-corrected chi connectivity index (χ0v) is 19.1. The first-order valence-corrected chi connectivity index (χ1v) is 11.5. The summed E-state index contributed by atoms with van der Waals surface area (Å²) < 4.78 is 15.2. The number of amides is 1. The Hall–Kier alpha value is -3.27. The average Bonchev–Trinajstić information content (AvgIpc) is 3.22. The molecule has 1 amide bonds. The van der Waals surface area contributed by atoms with Gasteiger partial charge in [-0.3, -0.25) is 15.0 Å². The van der Waals surface area contributed by atoms with Crippen LogP contribution >= 0.6 is 11.3 Å². The van der Waals surface area contributed by atoms with E-state index in [1.807, 2.05) is 30.3 Å². The number of carbonyl (C=O) groups is 2. The fraction of sp³-hybridized carbons (Fsp3) is 0.292. The third kappa shape index (κ3) is 6.16. The van der Waals surface area contributed by atoms with Crippen LogP contribution in [0.25, 0.3) is 11.3 Å². The smallest absolute Gasteiger partial charge is 0.434 e. The Bertz CT molecular complexity index is 1080. The van der Waals surface area contributed by atoms with E-state index in [0.717, 1.165) is 49.0 Å². The number of aromatic nitrogens is 1. The minimum Gasteiger partial charge on any atom is -0.434 e.